The Bertz CT molecular complexity index is 793. The highest BCUT2D eigenvalue weighted by atomic mass is 35.5. The molecule has 0 fully saturated rings. The van der Waals surface area contributed by atoms with Crippen molar-refractivity contribution in [3.05, 3.63) is 64.7 Å². The summed E-state index contributed by atoms with van der Waals surface area (Å²) in [6.45, 7) is -0.632. The number of carbonyl (C=O) groups excluding carboxylic acids is 2. The van der Waals surface area contributed by atoms with Gasteiger partial charge in [0.05, 0.1) is 11.1 Å². The number of ether oxygens (including phenoxy) is 2. The lowest BCUT2D eigenvalue weighted by molar-refractivity contribution is -0.150. The highest BCUT2D eigenvalue weighted by Crippen LogP contribution is 2.29. The topological polar surface area (TPSA) is 64.6 Å². The van der Waals surface area contributed by atoms with Gasteiger partial charge < -0.3 is 14.8 Å². The first kappa shape index (κ1) is 18.3. The summed E-state index contributed by atoms with van der Waals surface area (Å²) in [4.78, 5) is 23.9. The predicted octanol–water partition coefficient (Wildman–Crippen LogP) is 3.46. The number of hydrogen-bond donors (Lipinski definition) is 1. The lowest BCUT2D eigenvalue weighted by atomic mass is 9.88. The van der Waals surface area contributed by atoms with Gasteiger partial charge in [-0.15, -0.1) is 0 Å². The van der Waals surface area contributed by atoms with Crippen molar-refractivity contribution in [2.24, 2.45) is 0 Å². The van der Waals surface area contributed by atoms with E-state index in [0.717, 1.165) is 24.8 Å². The van der Waals surface area contributed by atoms with Crippen LogP contribution in [0.2, 0.25) is 5.02 Å². The third-order valence-corrected chi connectivity index (χ3v) is 4.56. The zero-order chi connectivity index (χ0) is 18.4. The second-order valence-corrected chi connectivity index (χ2v) is 6.50. The van der Waals surface area contributed by atoms with E-state index in [2.05, 4.69) is 11.4 Å². The summed E-state index contributed by atoms with van der Waals surface area (Å²) in [6, 6.07) is 14.9. The number of hydrogen-bond acceptors (Lipinski definition) is 4. The van der Waals surface area contributed by atoms with E-state index in [-0.39, 0.29) is 25.2 Å². The van der Waals surface area contributed by atoms with Crippen LogP contribution in [0.4, 0.5) is 0 Å². The maximum Gasteiger partial charge on any atom is 0.344 e. The second-order valence-electron chi connectivity index (χ2n) is 6.09. The average Bonchev–Trinajstić information content (AvgIpc) is 2.66. The smallest absolute Gasteiger partial charge is 0.344 e. The Labute approximate surface area is 157 Å². The first-order valence-electron chi connectivity index (χ1n) is 8.53. The van der Waals surface area contributed by atoms with Crippen molar-refractivity contribution in [3.8, 4) is 5.75 Å². The summed E-state index contributed by atoms with van der Waals surface area (Å²) in [5.74, 6) is -0.545. The Morgan fingerprint density at radius 1 is 1.08 bits per heavy atom. The van der Waals surface area contributed by atoms with Gasteiger partial charge >= 0.3 is 5.97 Å². The first-order chi connectivity index (χ1) is 12.6. The molecule has 0 aromatic heterocycles. The van der Waals surface area contributed by atoms with Gasteiger partial charge in [-0.3, -0.25) is 4.79 Å². The van der Waals surface area contributed by atoms with Gasteiger partial charge in [0.15, 0.2) is 13.2 Å². The second kappa shape index (κ2) is 8.72. The summed E-state index contributed by atoms with van der Waals surface area (Å²) in [5.41, 5.74) is 2.40. The van der Waals surface area contributed by atoms with Crippen molar-refractivity contribution in [2.45, 2.75) is 25.3 Å². The molecule has 0 aliphatic heterocycles. The molecule has 2 aromatic rings. The van der Waals surface area contributed by atoms with Gasteiger partial charge in [-0.05, 0) is 42.5 Å². The molecule has 1 aliphatic rings. The number of nitrogens with one attached hydrogen (secondary N) is 1. The molecule has 0 saturated carbocycles. The molecule has 2 aromatic carbocycles. The van der Waals surface area contributed by atoms with Gasteiger partial charge in [0, 0.05) is 0 Å². The molecule has 5 nitrogen and oxygen atoms in total. The number of fused-ring (bicyclic) bond motifs is 1. The van der Waals surface area contributed by atoms with E-state index in [0.29, 0.717) is 10.8 Å². The molecular weight excluding hydrogens is 354 g/mol. The molecule has 0 unspecified atom stereocenters. The monoisotopic (exact) mass is 373 g/mol. The van der Waals surface area contributed by atoms with E-state index >= 15 is 0 Å². The van der Waals surface area contributed by atoms with Crippen molar-refractivity contribution >= 4 is 23.5 Å². The zero-order valence-corrected chi connectivity index (χ0v) is 15.0. The van der Waals surface area contributed by atoms with Crippen molar-refractivity contribution in [1.29, 1.82) is 0 Å². The molecule has 0 bridgehead atoms. The molecule has 1 amide bonds. The Morgan fingerprint density at radius 2 is 1.85 bits per heavy atom. The van der Waals surface area contributed by atoms with Crippen LogP contribution in [-0.2, 0) is 20.7 Å². The van der Waals surface area contributed by atoms with Crippen LogP contribution in [0.15, 0.2) is 48.5 Å². The van der Waals surface area contributed by atoms with Crippen LogP contribution in [0.5, 0.6) is 5.75 Å². The highest BCUT2D eigenvalue weighted by molar-refractivity contribution is 6.32. The van der Waals surface area contributed by atoms with E-state index in [1.54, 1.807) is 24.3 Å². The maximum absolute atomic E-state index is 12.1. The number of para-hydroxylation sites is 1. The lowest BCUT2D eigenvalue weighted by Crippen LogP contribution is -2.34. The van der Waals surface area contributed by atoms with Gasteiger partial charge in [0.1, 0.15) is 5.75 Å². The summed E-state index contributed by atoms with van der Waals surface area (Å²) in [7, 11) is 0. The molecular formula is C20H20ClNO4. The van der Waals surface area contributed by atoms with E-state index in [1.165, 1.54) is 5.56 Å². The van der Waals surface area contributed by atoms with Crippen molar-refractivity contribution < 1.29 is 19.1 Å². The van der Waals surface area contributed by atoms with Crippen LogP contribution < -0.4 is 10.1 Å². The number of esters is 1. The van der Waals surface area contributed by atoms with Gasteiger partial charge in [0.25, 0.3) is 5.91 Å². The van der Waals surface area contributed by atoms with Gasteiger partial charge in [0.2, 0.25) is 0 Å². The molecule has 3 rings (SSSR count). The average molecular weight is 374 g/mol. The molecule has 1 atom stereocenters. The van der Waals surface area contributed by atoms with Crippen LogP contribution in [0.3, 0.4) is 0 Å². The normalized spacial score (nSPS) is 15.7. The molecule has 0 heterocycles. The fourth-order valence-corrected chi connectivity index (χ4v) is 3.22. The lowest BCUT2D eigenvalue weighted by Gasteiger charge is -2.26. The SMILES string of the molecule is O=C(COC(=O)COc1ccccc1Cl)N[C@H]1CCCc2ccccc21. The van der Waals surface area contributed by atoms with Crippen LogP contribution in [0.25, 0.3) is 0 Å². The van der Waals surface area contributed by atoms with Crippen LogP contribution in [0.1, 0.15) is 30.0 Å². The number of benzene rings is 2. The fraction of sp³-hybridized carbons (Fsp3) is 0.300. The van der Waals surface area contributed by atoms with Crippen LogP contribution in [0, 0.1) is 0 Å². The molecule has 0 radical (unpaired) electrons. The third-order valence-electron chi connectivity index (χ3n) is 4.25. The molecule has 1 aliphatic carbocycles. The molecule has 6 heteroatoms. The fourth-order valence-electron chi connectivity index (χ4n) is 3.03. The van der Waals surface area contributed by atoms with Crippen molar-refractivity contribution in [1.82, 2.24) is 5.32 Å². The largest absolute Gasteiger partial charge is 0.480 e. The molecule has 0 saturated heterocycles. The van der Waals surface area contributed by atoms with E-state index in [4.69, 9.17) is 21.1 Å². The Kier molecular flexibility index (Phi) is 6.12. The maximum atomic E-state index is 12.1. The van der Waals surface area contributed by atoms with Crippen LogP contribution in [-0.4, -0.2) is 25.1 Å². The quantitative estimate of drug-likeness (QED) is 0.787. The number of aryl methyl sites for hydroxylation is 1. The zero-order valence-electron chi connectivity index (χ0n) is 14.2. The summed E-state index contributed by atoms with van der Waals surface area (Å²) in [6.07, 6.45) is 2.93. The van der Waals surface area contributed by atoms with Crippen molar-refractivity contribution in [3.63, 3.8) is 0 Å². The Balaban J connectivity index is 1.44. The van der Waals surface area contributed by atoms with Crippen molar-refractivity contribution in [2.75, 3.05) is 13.2 Å². The van der Waals surface area contributed by atoms with E-state index < -0.39 is 5.97 Å². The minimum Gasteiger partial charge on any atom is -0.480 e. The summed E-state index contributed by atoms with van der Waals surface area (Å²) < 4.78 is 10.3. The van der Waals surface area contributed by atoms with Crippen LogP contribution >= 0.6 is 11.6 Å². The highest BCUT2D eigenvalue weighted by Gasteiger charge is 2.21. The van der Waals surface area contributed by atoms with E-state index in [1.807, 2.05) is 18.2 Å². The Hall–Kier alpha value is -2.53. The molecule has 26 heavy (non-hydrogen) atoms. The third kappa shape index (κ3) is 4.76. The van der Waals surface area contributed by atoms with Gasteiger partial charge in [-0.25, -0.2) is 4.79 Å². The number of carbonyl (C=O) groups is 2. The predicted molar refractivity (Wildman–Crippen MR) is 98.2 cm³/mol. The molecule has 1 N–H and O–H groups in total. The van der Waals surface area contributed by atoms with E-state index in [9.17, 15) is 9.59 Å². The molecule has 0 spiro atoms. The van der Waals surface area contributed by atoms with Gasteiger partial charge in [-0.1, -0.05) is 48.0 Å². The minimum absolute atomic E-state index is 0.0365. The minimum atomic E-state index is -0.621. The number of rotatable bonds is 6. The molecule has 136 valence electrons. The number of amides is 1. The Morgan fingerprint density at radius 3 is 2.69 bits per heavy atom. The first-order valence-corrected chi connectivity index (χ1v) is 8.91. The van der Waals surface area contributed by atoms with Gasteiger partial charge in [-0.2, -0.15) is 0 Å². The summed E-state index contributed by atoms with van der Waals surface area (Å²) >= 11 is 5.94. The summed E-state index contributed by atoms with van der Waals surface area (Å²) in [5, 5.41) is 3.35. The number of halogens is 1. The standard InChI is InChI=1S/C20H20ClNO4/c21-16-9-3-4-11-18(16)25-13-20(24)26-12-19(23)22-17-10-5-7-14-6-1-2-8-15(14)17/h1-4,6,8-9,11,17H,5,7,10,12-13H2,(H,22,23)/t17-/m0/s1.